The Labute approximate surface area is 301 Å². The summed E-state index contributed by atoms with van der Waals surface area (Å²) < 4.78 is 8.28. The first-order valence-electron chi connectivity index (χ1n) is 18.3. The van der Waals surface area contributed by atoms with Crippen LogP contribution < -0.4 is 0 Å². The lowest BCUT2D eigenvalue weighted by Gasteiger charge is -2.45. The highest BCUT2D eigenvalue weighted by Gasteiger charge is 2.42. The number of carbonyl (C=O) groups is 2. The number of aromatic nitrogens is 2. The summed E-state index contributed by atoms with van der Waals surface area (Å²) in [6.45, 7) is 2.43. The molecule has 2 aliphatic carbocycles. The largest absolute Gasteiger partial charge is 0.446 e. The van der Waals surface area contributed by atoms with Gasteiger partial charge in [0.05, 0.1) is 11.7 Å². The van der Waals surface area contributed by atoms with Crippen LogP contribution in [0.3, 0.4) is 0 Å². The lowest BCUT2D eigenvalue weighted by atomic mass is 9.95. The highest BCUT2D eigenvalue weighted by molar-refractivity contribution is 6.30. The number of ether oxygens (including phenoxy) is 1. The van der Waals surface area contributed by atoms with Gasteiger partial charge in [0.2, 0.25) is 5.91 Å². The molecule has 2 atom stereocenters. The Balaban J connectivity index is 1.21. The van der Waals surface area contributed by atoms with Gasteiger partial charge in [0.15, 0.2) is 0 Å². The molecule has 2 aromatic heterocycles. The molecule has 3 aliphatic rings. The monoisotopic (exact) mass is 693 g/mol. The number of rotatable bonds is 9. The topological polar surface area (TPSA) is 70.9 Å². The van der Waals surface area contributed by atoms with Gasteiger partial charge in [-0.15, -0.1) is 0 Å². The van der Waals surface area contributed by atoms with Crippen molar-refractivity contribution in [3.05, 3.63) is 124 Å². The van der Waals surface area contributed by atoms with Crippen molar-refractivity contribution in [2.75, 3.05) is 26.2 Å². The van der Waals surface area contributed by atoms with E-state index in [4.69, 9.17) is 21.3 Å². The Morgan fingerprint density at radius 1 is 0.940 bits per heavy atom. The van der Waals surface area contributed by atoms with Gasteiger partial charge >= 0.3 is 6.09 Å². The van der Waals surface area contributed by atoms with E-state index in [9.17, 15) is 4.79 Å². The van der Waals surface area contributed by atoms with Gasteiger partial charge in [-0.3, -0.25) is 19.6 Å². The molecule has 0 bridgehead atoms. The molecule has 262 valence electrons. The lowest BCUT2D eigenvalue weighted by molar-refractivity contribution is -0.140. The molecule has 4 aromatic rings. The predicted octanol–water partition coefficient (Wildman–Crippen LogP) is 7.38. The van der Waals surface area contributed by atoms with Crippen LogP contribution >= 0.6 is 11.6 Å². The zero-order valence-electron chi connectivity index (χ0n) is 29.1. The van der Waals surface area contributed by atoms with Crippen molar-refractivity contribution in [3.8, 4) is 0 Å². The molecular weight excluding hydrogens is 646 g/mol. The summed E-state index contributed by atoms with van der Waals surface area (Å²) in [6, 6.07) is 23.8. The van der Waals surface area contributed by atoms with Gasteiger partial charge in [0.1, 0.15) is 12.1 Å². The van der Waals surface area contributed by atoms with E-state index in [-0.39, 0.29) is 24.1 Å². The average Bonchev–Trinajstić information content (AvgIpc) is 3.48. The van der Waals surface area contributed by atoms with Crippen LogP contribution in [0.5, 0.6) is 0 Å². The third kappa shape index (κ3) is 7.77. The van der Waals surface area contributed by atoms with E-state index in [2.05, 4.69) is 65.2 Å². The van der Waals surface area contributed by atoms with Crippen molar-refractivity contribution in [1.82, 2.24) is 24.3 Å². The van der Waals surface area contributed by atoms with Gasteiger partial charge in [-0.25, -0.2) is 4.79 Å². The molecule has 2 fully saturated rings. The fraction of sp³-hybridized carbons (Fsp3) is 0.439. The molecule has 50 heavy (non-hydrogen) atoms. The number of halogens is 1. The molecule has 3 heterocycles. The standard InChI is InChI=1S/C41H48ClN5O3/c1-44-23-9-14-34(44)15-10-24-46(28-30-11-4-2-5-12-30)40(48)37-29-45(25-26-47(37)41(49)50-35-16-6-3-7-17-35)39-36-21-20-33(42)27-32(36)19-18-31-13-8-22-43-38(31)39/h2,4-5,8-9,11-14,20-23,27,35,37,39H,3,6-7,10,15-19,24-26,28-29H2,1H3/t37-,39+/m1/s1. The van der Waals surface area contributed by atoms with Crippen molar-refractivity contribution >= 4 is 23.6 Å². The highest BCUT2D eigenvalue weighted by Crippen LogP contribution is 2.38. The Hall–Kier alpha value is -4.14. The van der Waals surface area contributed by atoms with Crippen LogP contribution in [0.4, 0.5) is 4.79 Å². The van der Waals surface area contributed by atoms with Crippen LogP contribution in [0.1, 0.15) is 78.2 Å². The molecule has 0 N–H and O–H groups in total. The second-order valence-electron chi connectivity index (χ2n) is 14.1. The van der Waals surface area contributed by atoms with Crippen molar-refractivity contribution in [1.29, 1.82) is 0 Å². The number of pyridine rings is 1. The highest BCUT2D eigenvalue weighted by atomic mass is 35.5. The second kappa shape index (κ2) is 15.8. The number of benzene rings is 2. The van der Waals surface area contributed by atoms with Crippen LogP contribution in [0.2, 0.25) is 5.02 Å². The number of nitrogens with zero attached hydrogens (tertiary/aromatic N) is 5. The molecular formula is C41H48ClN5O3. The molecule has 2 amide bonds. The number of carbonyl (C=O) groups excluding carboxylic acids is 2. The number of fused-ring (bicyclic) bond motifs is 2. The minimum absolute atomic E-state index is 0.0442. The van der Waals surface area contributed by atoms with Crippen molar-refractivity contribution < 1.29 is 14.3 Å². The molecule has 1 aliphatic heterocycles. The molecule has 0 spiro atoms. The molecule has 1 saturated carbocycles. The van der Waals surface area contributed by atoms with E-state index in [1.54, 1.807) is 4.90 Å². The summed E-state index contributed by atoms with van der Waals surface area (Å²) >= 11 is 6.52. The van der Waals surface area contributed by atoms with Gasteiger partial charge in [0, 0.05) is 62.9 Å². The third-order valence-electron chi connectivity index (χ3n) is 10.8. The van der Waals surface area contributed by atoms with Crippen molar-refractivity contribution in [2.45, 2.75) is 82.5 Å². The summed E-state index contributed by atoms with van der Waals surface area (Å²) in [5, 5.41) is 0.719. The summed E-state index contributed by atoms with van der Waals surface area (Å²) in [5.41, 5.74) is 6.89. The van der Waals surface area contributed by atoms with Crippen LogP contribution in [-0.2, 0) is 42.4 Å². The first-order valence-corrected chi connectivity index (χ1v) is 18.7. The molecule has 8 nitrogen and oxygen atoms in total. The molecule has 2 aromatic carbocycles. The fourth-order valence-corrected chi connectivity index (χ4v) is 8.30. The maximum Gasteiger partial charge on any atom is 0.410 e. The maximum atomic E-state index is 15.0. The summed E-state index contributed by atoms with van der Waals surface area (Å²) in [5.74, 6) is -0.0442. The zero-order valence-corrected chi connectivity index (χ0v) is 29.8. The van der Waals surface area contributed by atoms with Crippen LogP contribution in [0.25, 0.3) is 0 Å². The van der Waals surface area contributed by atoms with Crippen molar-refractivity contribution in [3.63, 3.8) is 0 Å². The lowest BCUT2D eigenvalue weighted by Crippen LogP contribution is -2.62. The zero-order chi connectivity index (χ0) is 34.5. The second-order valence-corrected chi connectivity index (χ2v) is 14.5. The molecule has 9 heteroatoms. The van der Waals surface area contributed by atoms with E-state index in [1.807, 2.05) is 41.4 Å². The normalized spacial score (nSPS) is 19.7. The van der Waals surface area contributed by atoms with Crippen LogP contribution in [0.15, 0.2) is 85.2 Å². The number of aryl methyl sites for hydroxylation is 4. The number of hydrogen-bond donors (Lipinski definition) is 0. The summed E-state index contributed by atoms with van der Waals surface area (Å²) in [7, 11) is 2.06. The SMILES string of the molecule is Cn1cccc1CCCN(Cc1ccccc1)C(=O)[C@H]1CN([C@H]2c3ccc(Cl)cc3CCc3cccnc32)CCN1C(=O)OC1CCCCC1. The first kappa shape index (κ1) is 34.3. The number of piperazine rings is 1. The Kier molecular flexibility index (Phi) is 10.9. The average molecular weight is 694 g/mol. The van der Waals surface area contributed by atoms with Gasteiger partial charge in [0.25, 0.3) is 0 Å². The smallest absolute Gasteiger partial charge is 0.410 e. The van der Waals surface area contributed by atoms with Crippen molar-refractivity contribution in [2.24, 2.45) is 7.05 Å². The Morgan fingerprint density at radius 3 is 2.56 bits per heavy atom. The molecule has 1 saturated heterocycles. The Morgan fingerprint density at radius 2 is 1.76 bits per heavy atom. The van der Waals surface area contributed by atoms with Gasteiger partial charge in [-0.2, -0.15) is 0 Å². The quantitative estimate of drug-likeness (QED) is 0.183. The van der Waals surface area contributed by atoms with E-state index >= 15 is 4.79 Å². The number of hydrogen-bond acceptors (Lipinski definition) is 5. The predicted molar refractivity (Wildman–Crippen MR) is 196 cm³/mol. The Bertz CT molecular complexity index is 1770. The minimum atomic E-state index is -0.704. The minimum Gasteiger partial charge on any atom is -0.446 e. The number of amides is 2. The van der Waals surface area contributed by atoms with Crippen LogP contribution in [0, 0.1) is 0 Å². The first-order chi connectivity index (χ1) is 24.4. The molecule has 0 radical (unpaired) electrons. The third-order valence-corrected chi connectivity index (χ3v) is 11.0. The molecule has 7 rings (SSSR count). The van der Waals surface area contributed by atoms with E-state index in [0.29, 0.717) is 32.7 Å². The summed E-state index contributed by atoms with van der Waals surface area (Å²) in [4.78, 5) is 40.0. The maximum absolute atomic E-state index is 15.0. The summed E-state index contributed by atoms with van der Waals surface area (Å²) in [6.07, 6.45) is 11.9. The molecule has 0 unspecified atom stereocenters. The van der Waals surface area contributed by atoms with E-state index in [1.165, 1.54) is 28.8 Å². The van der Waals surface area contributed by atoms with Gasteiger partial charge in [-0.1, -0.05) is 60.5 Å². The fourth-order valence-electron chi connectivity index (χ4n) is 8.10. The van der Waals surface area contributed by atoms with E-state index < -0.39 is 6.04 Å². The van der Waals surface area contributed by atoms with E-state index in [0.717, 1.165) is 67.6 Å². The van der Waals surface area contributed by atoms with Crippen LogP contribution in [-0.4, -0.2) is 74.6 Å². The van der Waals surface area contributed by atoms with Gasteiger partial charge < -0.3 is 14.2 Å². The van der Waals surface area contributed by atoms with Gasteiger partial charge in [-0.05, 0) is 104 Å².